The molecule has 0 amide bonds. The smallest absolute Gasteiger partial charge is 0.0652 e. The van der Waals surface area contributed by atoms with Gasteiger partial charge in [0.1, 0.15) is 0 Å². The normalized spacial score (nSPS) is 11.6. The van der Waals surface area contributed by atoms with Crippen LogP contribution in [0.1, 0.15) is 5.56 Å². The fraction of sp³-hybridized carbons (Fsp3) is 0. The fourth-order valence-corrected chi connectivity index (χ4v) is 2.64. The zero-order valence-electron chi connectivity index (χ0n) is 13.1. The quantitative estimate of drug-likeness (QED) is 0.379. The average molecular weight is 377 g/mol. The van der Waals surface area contributed by atoms with Crippen molar-refractivity contribution < 1.29 is 0 Å². The third-order valence-electron chi connectivity index (χ3n) is 3.40. The summed E-state index contributed by atoms with van der Waals surface area (Å²) < 4.78 is 0.908. The molecule has 0 spiro atoms. The summed E-state index contributed by atoms with van der Waals surface area (Å²) in [5, 5.41) is 6.57. The predicted molar refractivity (Wildman–Crippen MR) is 107 cm³/mol. The van der Waals surface area contributed by atoms with Crippen LogP contribution in [-0.4, -0.2) is 6.21 Å². The van der Waals surface area contributed by atoms with Crippen LogP contribution >= 0.6 is 15.9 Å². The molecule has 0 aliphatic carbocycles. The van der Waals surface area contributed by atoms with Crippen molar-refractivity contribution in [2.45, 2.75) is 0 Å². The van der Waals surface area contributed by atoms with Crippen LogP contribution in [0.5, 0.6) is 0 Å². The summed E-state index contributed by atoms with van der Waals surface area (Å²) in [6, 6.07) is 30.4. The molecule has 0 bridgehead atoms. The number of nitrogens with zero attached hydrogens (tertiary/aromatic N) is 2. The lowest BCUT2D eigenvalue weighted by Crippen LogP contribution is -2.08. The number of rotatable bonds is 5. The highest BCUT2D eigenvalue weighted by Gasteiger charge is 2.06. The molecule has 0 heterocycles. The Bertz CT molecular complexity index is 773. The first-order chi connectivity index (χ1) is 11.8. The van der Waals surface area contributed by atoms with Crippen LogP contribution in [0.15, 0.2) is 101 Å². The van der Waals surface area contributed by atoms with Crippen molar-refractivity contribution in [3.8, 4) is 0 Å². The molecule has 0 saturated carbocycles. The summed E-state index contributed by atoms with van der Waals surface area (Å²) in [7, 11) is 0. The molecule has 0 radical (unpaired) electrons. The topological polar surface area (TPSA) is 15.6 Å². The lowest BCUT2D eigenvalue weighted by Gasteiger charge is -2.19. The fourth-order valence-electron chi connectivity index (χ4n) is 2.28. The van der Waals surface area contributed by atoms with E-state index >= 15 is 0 Å². The van der Waals surface area contributed by atoms with Gasteiger partial charge in [0, 0.05) is 4.48 Å². The van der Waals surface area contributed by atoms with E-state index in [4.69, 9.17) is 0 Å². The highest BCUT2D eigenvalue weighted by molar-refractivity contribution is 9.12. The average Bonchev–Trinajstić information content (AvgIpc) is 2.64. The van der Waals surface area contributed by atoms with Crippen molar-refractivity contribution in [2.24, 2.45) is 5.10 Å². The Balaban J connectivity index is 1.88. The van der Waals surface area contributed by atoms with E-state index in [0.717, 1.165) is 21.4 Å². The van der Waals surface area contributed by atoms with Gasteiger partial charge in [0.15, 0.2) is 0 Å². The molecule has 0 aliphatic heterocycles. The molecular weight excluding hydrogens is 360 g/mol. The molecule has 24 heavy (non-hydrogen) atoms. The minimum Gasteiger partial charge on any atom is -0.234 e. The van der Waals surface area contributed by atoms with Crippen molar-refractivity contribution in [1.29, 1.82) is 0 Å². The molecule has 0 atom stereocenters. The van der Waals surface area contributed by atoms with Gasteiger partial charge in [-0.1, -0.05) is 66.7 Å². The van der Waals surface area contributed by atoms with Crippen LogP contribution < -0.4 is 5.01 Å². The first kappa shape index (κ1) is 16.2. The predicted octanol–water partition coefficient (Wildman–Crippen LogP) is 6.25. The molecule has 3 heteroatoms. The minimum absolute atomic E-state index is 0.908. The highest BCUT2D eigenvalue weighted by Crippen LogP contribution is 2.25. The summed E-state index contributed by atoms with van der Waals surface area (Å²) in [4.78, 5) is 0. The standard InChI is InChI=1S/C21H17BrN2/c22-19(16-18-10-4-1-5-11-18)17-23-24(20-12-6-2-7-13-20)21-14-8-3-9-15-21/h1-17H/b19-16-,23-17+. The van der Waals surface area contributed by atoms with E-state index in [9.17, 15) is 0 Å². The molecule has 3 aromatic carbocycles. The zero-order chi connectivity index (χ0) is 16.6. The highest BCUT2D eigenvalue weighted by atomic mass is 79.9. The third kappa shape index (κ3) is 4.43. The van der Waals surface area contributed by atoms with E-state index in [-0.39, 0.29) is 0 Å². The van der Waals surface area contributed by atoms with Gasteiger partial charge in [0.05, 0.1) is 17.6 Å². The molecule has 3 aromatic rings. The number of halogens is 1. The lowest BCUT2D eigenvalue weighted by atomic mass is 10.2. The molecule has 0 aromatic heterocycles. The van der Waals surface area contributed by atoms with Gasteiger partial charge < -0.3 is 0 Å². The Kier molecular flexibility index (Phi) is 5.59. The zero-order valence-corrected chi connectivity index (χ0v) is 14.7. The Morgan fingerprint density at radius 1 is 0.708 bits per heavy atom. The monoisotopic (exact) mass is 376 g/mol. The third-order valence-corrected chi connectivity index (χ3v) is 3.84. The van der Waals surface area contributed by atoms with E-state index in [1.165, 1.54) is 0 Å². The molecule has 3 rings (SSSR count). The number of anilines is 2. The van der Waals surface area contributed by atoms with Gasteiger partial charge in [-0.3, -0.25) is 0 Å². The maximum Gasteiger partial charge on any atom is 0.0652 e. The van der Waals surface area contributed by atoms with Crippen molar-refractivity contribution in [2.75, 3.05) is 5.01 Å². The maximum atomic E-state index is 4.65. The minimum atomic E-state index is 0.908. The number of hydrogen-bond donors (Lipinski definition) is 0. The summed E-state index contributed by atoms with van der Waals surface area (Å²) in [5.41, 5.74) is 3.15. The van der Waals surface area contributed by atoms with E-state index in [0.29, 0.717) is 0 Å². The summed E-state index contributed by atoms with van der Waals surface area (Å²) >= 11 is 3.57. The van der Waals surface area contributed by atoms with Crippen molar-refractivity contribution in [3.05, 3.63) is 101 Å². The largest absolute Gasteiger partial charge is 0.234 e. The second-order valence-electron chi connectivity index (χ2n) is 5.17. The van der Waals surface area contributed by atoms with Gasteiger partial charge in [-0.15, -0.1) is 0 Å². The Hall–Kier alpha value is -2.65. The van der Waals surface area contributed by atoms with Gasteiger partial charge in [0.25, 0.3) is 0 Å². The van der Waals surface area contributed by atoms with Crippen LogP contribution in [0.25, 0.3) is 6.08 Å². The van der Waals surface area contributed by atoms with Crippen LogP contribution in [0, 0.1) is 0 Å². The van der Waals surface area contributed by atoms with Crippen LogP contribution in [0.3, 0.4) is 0 Å². The van der Waals surface area contributed by atoms with Crippen molar-refractivity contribution >= 4 is 39.6 Å². The summed E-state index contributed by atoms with van der Waals surface area (Å²) in [6.07, 6.45) is 3.85. The summed E-state index contributed by atoms with van der Waals surface area (Å²) in [5.74, 6) is 0. The van der Waals surface area contributed by atoms with E-state index in [2.05, 4.69) is 33.2 Å². The molecule has 0 saturated heterocycles. The Morgan fingerprint density at radius 3 is 1.67 bits per heavy atom. The lowest BCUT2D eigenvalue weighted by molar-refractivity contribution is 1.09. The Labute approximate surface area is 150 Å². The van der Waals surface area contributed by atoms with E-state index in [1.54, 1.807) is 0 Å². The number of hydrogen-bond acceptors (Lipinski definition) is 2. The number of allylic oxidation sites excluding steroid dienone is 1. The Morgan fingerprint density at radius 2 is 1.17 bits per heavy atom. The van der Waals surface area contributed by atoms with Gasteiger partial charge in [-0.2, -0.15) is 5.10 Å². The van der Waals surface area contributed by atoms with Crippen LogP contribution in [0.2, 0.25) is 0 Å². The van der Waals surface area contributed by atoms with Gasteiger partial charge in [0.2, 0.25) is 0 Å². The van der Waals surface area contributed by atoms with Gasteiger partial charge in [-0.05, 0) is 51.8 Å². The molecule has 0 unspecified atom stereocenters. The van der Waals surface area contributed by atoms with Crippen LogP contribution in [0.4, 0.5) is 11.4 Å². The van der Waals surface area contributed by atoms with Crippen LogP contribution in [-0.2, 0) is 0 Å². The molecule has 118 valence electrons. The molecular formula is C21H17BrN2. The summed E-state index contributed by atoms with van der Waals surface area (Å²) in [6.45, 7) is 0. The van der Waals surface area contributed by atoms with E-state index < -0.39 is 0 Å². The molecule has 2 nitrogen and oxygen atoms in total. The van der Waals surface area contributed by atoms with Gasteiger partial charge in [-0.25, -0.2) is 5.01 Å². The maximum absolute atomic E-state index is 4.65. The van der Waals surface area contributed by atoms with Crippen molar-refractivity contribution in [3.63, 3.8) is 0 Å². The number of para-hydroxylation sites is 2. The first-order valence-electron chi connectivity index (χ1n) is 7.69. The molecule has 0 N–H and O–H groups in total. The van der Waals surface area contributed by atoms with E-state index in [1.807, 2.05) is 96.2 Å². The van der Waals surface area contributed by atoms with Crippen molar-refractivity contribution in [1.82, 2.24) is 0 Å². The van der Waals surface area contributed by atoms with Gasteiger partial charge >= 0.3 is 0 Å². The number of hydrazone groups is 1. The number of benzene rings is 3. The molecule has 0 aliphatic rings. The first-order valence-corrected chi connectivity index (χ1v) is 8.49. The second-order valence-corrected chi connectivity index (χ2v) is 6.08. The molecule has 0 fully saturated rings. The SMILES string of the molecule is BrC(=C\c1ccccc1)/C=N/N(c1ccccc1)c1ccccc1. The second kappa shape index (κ2) is 8.27.